The van der Waals surface area contributed by atoms with Gasteiger partial charge in [0.15, 0.2) is 5.13 Å². The summed E-state index contributed by atoms with van der Waals surface area (Å²) >= 11 is 3.32. The van der Waals surface area contributed by atoms with Crippen molar-refractivity contribution in [3.8, 4) is 10.6 Å². The van der Waals surface area contributed by atoms with Crippen LogP contribution in [0.3, 0.4) is 0 Å². The van der Waals surface area contributed by atoms with Crippen LogP contribution in [0.25, 0.3) is 10.6 Å². The summed E-state index contributed by atoms with van der Waals surface area (Å²) in [6.07, 6.45) is -4.28. The number of alkyl halides is 3. The lowest BCUT2D eigenvalue weighted by Crippen LogP contribution is -2.08. The third-order valence-corrected chi connectivity index (χ3v) is 5.47. The minimum atomic E-state index is -4.69. The zero-order chi connectivity index (χ0) is 20.9. The van der Waals surface area contributed by atoms with Gasteiger partial charge in [-0.1, -0.05) is 6.07 Å². The van der Waals surface area contributed by atoms with Gasteiger partial charge in [0.25, 0.3) is 0 Å². The number of hydrogen-bond donors (Lipinski definition) is 1. The Morgan fingerprint density at radius 1 is 1.21 bits per heavy atom. The van der Waals surface area contributed by atoms with Gasteiger partial charge in [-0.05, 0) is 31.5 Å². The lowest BCUT2D eigenvalue weighted by atomic mass is 10.1. The maximum Gasteiger partial charge on any atom is 0.419 e. The molecule has 2 aromatic heterocycles. The zero-order valence-corrected chi connectivity index (χ0v) is 16.9. The van der Waals surface area contributed by atoms with Crippen molar-refractivity contribution in [1.29, 1.82) is 0 Å². The number of carbonyl (C=O) groups is 1. The van der Waals surface area contributed by atoms with Crippen molar-refractivity contribution < 1.29 is 22.4 Å². The van der Waals surface area contributed by atoms with Crippen LogP contribution in [0, 0.1) is 19.7 Å². The van der Waals surface area contributed by atoms with Gasteiger partial charge in [-0.25, -0.2) is 14.4 Å². The summed E-state index contributed by atoms with van der Waals surface area (Å²) in [4.78, 5) is 20.0. The van der Waals surface area contributed by atoms with Gasteiger partial charge in [-0.15, -0.1) is 22.7 Å². The molecule has 0 aliphatic carbocycles. The van der Waals surface area contributed by atoms with Gasteiger partial charge in [0.2, 0.25) is 0 Å². The number of aromatic nitrogens is 2. The highest BCUT2D eigenvalue weighted by molar-refractivity contribution is 7.16. The van der Waals surface area contributed by atoms with E-state index in [2.05, 4.69) is 20.7 Å². The first-order valence-electron chi connectivity index (χ1n) is 8.02. The predicted molar refractivity (Wildman–Crippen MR) is 103 cm³/mol. The average Bonchev–Trinajstić information content (AvgIpc) is 3.20. The number of aryl methyl sites for hydroxylation is 2. The second-order valence-corrected chi connectivity index (χ2v) is 7.68. The summed E-state index contributed by atoms with van der Waals surface area (Å²) in [5, 5.41) is 7.14. The fourth-order valence-electron chi connectivity index (χ4n) is 2.27. The number of benzene rings is 1. The highest BCUT2D eigenvalue weighted by atomic mass is 32.1. The van der Waals surface area contributed by atoms with Gasteiger partial charge in [0.1, 0.15) is 12.1 Å². The third kappa shape index (κ3) is 5.59. The van der Waals surface area contributed by atoms with Crippen LogP contribution in [0.5, 0.6) is 0 Å². The molecule has 1 N–H and O–H groups in total. The number of nitrogens with zero attached hydrogens (tertiary/aromatic N) is 2. The molecular weight excluding hydrogens is 414 g/mol. The fourth-order valence-corrected chi connectivity index (χ4v) is 3.89. The summed E-state index contributed by atoms with van der Waals surface area (Å²) in [6.45, 7) is 4.05. The molecule has 3 rings (SSSR count). The zero-order valence-electron chi connectivity index (χ0n) is 15.2. The molecule has 2 heterocycles. The molecule has 0 aliphatic rings. The van der Waals surface area contributed by atoms with Crippen LogP contribution in [-0.4, -0.2) is 23.3 Å². The minimum Gasteiger partial charge on any atom is -0.365 e. The SMILES string of the molecule is CNc1nc(-c2sc(C)nc2C)cs1.O=CCc1ccc(C(F)(F)F)c(F)c1. The van der Waals surface area contributed by atoms with E-state index in [1.807, 2.05) is 20.9 Å². The van der Waals surface area contributed by atoms with E-state index in [0.29, 0.717) is 12.4 Å². The maximum atomic E-state index is 12.8. The summed E-state index contributed by atoms with van der Waals surface area (Å²) in [5.74, 6) is -1.35. The van der Waals surface area contributed by atoms with E-state index in [-0.39, 0.29) is 12.0 Å². The van der Waals surface area contributed by atoms with E-state index < -0.39 is 17.6 Å². The highest BCUT2D eigenvalue weighted by Gasteiger charge is 2.33. The van der Waals surface area contributed by atoms with Crippen molar-refractivity contribution in [1.82, 2.24) is 9.97 Å². The molecule has 0 saturated carbocycles. The number of thiazole rings is 2. The number of halogens is 4. The monoisotopic (exact) mass is 431 g/mol. The van der Waals surface area contributed by atoms with Crippen LogP contribution < -0.4 is 5.32 Å². The van der Waals surface area contributed by atoms with Gasteiger partial charge in [-0.2, -0.15) is 13.2 Å². The van der Waals surface area contributed by atoms with Gasteiger partial charge < -0.3 is 10.1 Å². The molecule has 1 aromatic carbocycles. The summed E-state index contributed by atoms with van der Waals surface area (Å²) in [6, 6.07) is 2.44. The first-order chi connectivity index (χ1) is 13.2. The third-order valence-electron chi connectivity index (χ3n) is 3.51. The average molecular weight is 431 g/mol. The van der Waals surface area contributed by atoms with Crippen LogP contribution in [0.15, 0.2) is 23.6 Å². The number of hydrogen-bond acceptors (Lipinski definition) is 6. The minimum absolute atomic E-state index is 0.0882. The molecule has 0 fully saturated rings. The Labute approximate surface area is 167 Å². The van der Waals surface area contributed by atoms with E-state index in [0.717, 1.165) is 33.7 Å². The first kappa shape index (κ1) is 22.0. The Bertz CT molecular complexity index is 951. The molecule has 0 spiro atoms. The van der Waals surface area contributed by atoms with Gasteiger partial charge in [0, 0.05) is 18.8 Å². The van der Waals surface area contributed by atoms with Crippen molar-refractivity contribution in [2.75, 3.05) is 12.4 Å². The standard InChI is InChI=1S/C9H6F4O.C9H11N3S2/c10-8-5-6(3-4-14)1-2-7(8)9(11,12)13;1-5-8(14-6(2)11-5)7-4-13-9(10-3)12-7/h1-2,4-5H,3H2;4H,1-3H3,(H,10,12). The van der Waals surface area contributed by atoms with E-state index in [9.17, 15) is 22.4 Å². The van der Waals surface area contributed by atoms with Crippen molar-refractivity contribution >= 4 is 34.1 Å². The lowest BCUT2D eigenvalue weighted by molar-refractivity contribution is -0.140. The highest BCUT2D eigenvalue weighted by Crippen LogP contribution is 2.32. The van der Waals surface area contributed by atoms with Gasteiger partial charge in [0.05, 0.1) is 26.8 Å². The number of aldehydes is 1. The largest absolute Gasteiger partial charge is 0.419 e. The van der Waals surface area contributed by atoms with Crippen molar-refractivity contribution in [3.63, 3.8) is 0 Å². The molecule has 150 valence electrons. The van der Waals surface area contributed by atoms with Gasteiger partial charge >= 0.3 is 6.18 Å². The second kappa shape index (κ2) is 9.24. The first-order valence-corrected chi connectivity index (χ1v) is 9.72. The van der Waals surface area contributed by atoms with Crippen LogP contribution >= 0.6 is 22.7 Å². The molecule has 28 heavy (non-hydrogen) atoms. The molecule has 10 heteroatoms. The Kier molecular flexibility index (Phi) is 7.25. The molecule has 0 radical (unpaired) electrons. The molecule has 0 bridgehead atoms. The molecule has 0 amide bonds. The van der Waals surface area contributed by atoms with E-state index in [1.54, 1.807) is 22.7 Å². The Morgan fingerprint density at radius 2 is 1.93 bits per heavy atom. The maximum absolute atomic E-state index is 12.8. The molecule has 4 nitrogen and oxygen atoms in total. The lowest BCUT2D eigenvalue weighted by Gasteiger charge is -2.08. The van der Waals surface area contributed by atoms with Crippen molar-refractivity contribution in [2.24, 2.45) is 0 Å². The fraction of sp³-hybridized carbons (Fsp3) is 0.278. The summed E-state index contributed by atoms with van der Waals surface area (Å²) < 4.78 is 49.0. The second-order valence-electron chi connectivity index (χ2n) is 5.62. The van der Waals surface area contributed by atoms with E-state index >= 15 is 0 Å². The van der Waals surface area contributed by atoms with Crippen LogP contribution in [-0.2, 0) is 17.4 Å². The van der Waals surface area contributed by atoms with E-state index in [1.165, 1.54) is 4.88 Å². The van der Waals surface area contributed by atoms with Crippen molar-refractivity contribution in [2.45, 2.75) is 26.4 Å². The summed E-state index contributed by atoms with van der Waals surface area (Å²) in [5.41, 5.74) is 1.01. The number of anilines is 1. The van der Waals surface area contributed by atoms with Gasteiger partial charge in [-0.3, -0.25) is 0 Å². The Morgan fingerprint density at radius 3 is 2.39 bits per heavy atom. The molecule has 0 unspecified atom stereocenters. The quantitative estimate of drug-likeness (QED) is 0.437. The van der Waals surface area contributed by atoms with E-state index in [4.69, 9.17) is 0 Å². The molecule has 0 atom stereocenters. The number of rotatable bonds is 4. The van der Waals surface area contributed by atoms with Crippen LogP contribution in [0.2, 0.25) is 0 Å². The molecular formula is C18H17F4N3OS2. The van der Waals surface area contributed by atoms with Crippen LogP contribution in [0.4, 0.5) is 22.7 Å². The predicted octanol–water partition coefficient (Wildman–Crippen LogP) is 5.51. The molecule has 0 saturated heterocycles. The number of nitrogens with one attached hydrogen (secondary N) is 1. The topological polar surface area (TPSA) is 54.9 Å². The smallest absolute Gasteiger partial charge is 0.365 e. The summed E-state index contributed by atoms with van der Waals surface area (Å²) in [7, 11) is 1.88. The molecule has 0 aliphatic heterocycles. The van der Waals surface area contributed by atoms with Crippen LogP contribution in [0.1, 0.15) is 21.8 Å². The Balaban J connectivity index is 0.000000200. The normalized spacial score (nSPS) is 11.0. The molecule has 3 aromatic rings. The Hall–Kier alpha value is -2.33. The number of carbonyl (C=O) groups excluding carboxylic acids is 1. The van der Waals surface area contributed by atoms with Crippen molar-refractivity contribution in [3.05, 3.63) is 51.2 Å².